The fourth-order valence-electron chi connectivity index (χ4n) is 4.62. The van der Waals surface area contributed by atoms with Crippen LogP contribution in [-0.4, -0.2) is 34.8 Å². The molecule has 5 rings (SSSR count). The summed E-state index contributed by atoms with van der Waals surface area (Å²) in [7, 11) is 1.59. The second-order valence-corrected chi connectivity index (χ2v) is 8.48. The molecule has 0 aliphatic heterocycles. The van der Waals surface area contributed by atoms with Crippen molar-refractivity contribution in [2.45, 2.75) is 19.8 Å². The number of H-pyrrole nitrogens is 1. The molecule has 6 heteroatoms. The maximum atomic E-state index is 12.1. The van der Waals surface area contributed by atoms with E-state index >= 15 is 0 Å². The van der Waals surface area contributed by atoms with Crippen LogP contribution in [0.25, 0.3) is 32.8 Å². The number of para-hydroxylation sites is 1. The smallest absolute Gasteiger partial charge is 0.352 e. The van der Waals surface area contributed by atoms with Crippen LogP contribution >= 0.6 is 0 Å². The van der Waals surface area contributed by atoms with E-state index in [1.54, 1.807) is 13.3 Å². The number of aromatic amines is 1. The Labute approximate surface area is 203 Å². The third-order valence-electron chi connectivity index (χ3n) is 6.32. The summed E-state index contributed by atoms with van der Waals surface area (Å²) >= 11 is 0. The summed E-state index contributed by atoms with van der Waals surface area (Å²) in [5.41, 5.74) is 4.65. The average molecular weight is 467 g/mol. The molecule has 0 fully saturated rings. The van der Waals surface area contributed by atoms with Gasteiger partial charge in [0.1, 0.15) is 11.4 Å². The standard InChI is InChI=1S/C29H26N2O4/c1-18-16-26(34-2)30-17-24(18)23-12-6-11-21-22(28(29(32)33)31-27(21)23)13-7-15-35-25-14-5-9-19-8-3-4-10-20(19)25/h3-6,8-12,14,16-17,31H,7,13,15H2,1-2H3,(H,32,33). The van der Waals surface area contributed by atoms with Gasteiger partial charge in [0.2, 0.25) is 5.88 Å². The molecule has 0 aliphatic carbocycles. The maximum absolute atomic E-state index is 12.1. The fourth-order valence-corrected chi connectivity index (χ4v) is 4.62. The van der Waals surface area contributed by atoms with Crippen LogP contribution in [0.1, 0.15) is 28.0 Å². The lowest BCUT2D eigenvalue weighted by Gasteiger charge is -2.10. The second kappa shape index (κ2) is 9.50. The Kier molecular flexibility index (Phi) is 6.10. The maximum Gasteiger partial charge on any atom is 0.352 e. The third-order valence-corrected chi connectivity index (χ3v) is 6.32. The molecule has 5 aromatic rings. The Balaban J connectivity index is 1.42. The monoisotopic (exact) mass is 466 g/mol. The first-order chi connectivity index (χ1) is 17.1. The van der Waals surface area contributed by atoms with Gasteiger partial charge in [-0.05, 0) is 42.3 Å². The van der Waals surface area contributed by atoms with E-state index in [1.807, 2.05) is 61.5 Å². The summed E-state index contributed by atoms with van der Waals surface area (Å²) in [6, 6.07) is 21.9. The average Bonchev–Trinajstić information content (AvgIpc) is 3.26. The Morgan fingerprint density at radius 3 is 2.57 bits per heavy atom. The summed E-state index contributed by atoms with van der Waals surface area (Å²) in [5, 5.41) is 13.0. The number of carboxylic acid groups (broad SMARTS) is 1. The highest BCUT2D eigenvalue weighted by atomic mass is 16.5. The predicted molar refractivity (Wildman–Crippen MR) is 138 cm³/mol. The zero-order valence-electron chi connectivity index (χ0n) is 19.7. The number of nitrogens with zero attached hydrogens (tertiary/aromatic N) is 1. The van der Waals surface area contributed by atoms with Crippen LogP contribution in [0.15, 0.2) is 72.9 Å². The number of ether oxygens (including phenoxy) is 2. The molecule has 176 valence electrons. The van der Waals surface area contributed by atoms with Gasteiger partial charge in [-0.2, -0.15) is 0 Å². The van der Waals surface area contributed by atoms with Crippen molar-refractivity contribution in [2.24, 2.45) is 0 Å². The number of nitrogens with one attached hydrogen (secondary N) is 1. The lowest BCUT2D eigenvalue weighted by molar-refractivity contribution is 0.0690. The van der Waals surface area contributed by atoms with Crippen LogP contribution in [0.3, 0.4) is 0 Å². The highest BCUT2D eigenvalue weighted by Crippen LogP contribution is 2.34. The quantitative estimate of drug-likeness (QED) is 0.258. The van der Waals surface area contributed by atoms with Crippen LogP contribution < -0.4 is 9.47 Å². The van der Waals surface area contributed by atoms with Gasteiger partial charge < -0.3 is 19.6 Å². The van der Waals surface area contributed by atoms with Gasteiger partial charge in [0.25, 0.3) is 0 Å². The summed E-state index contributed by atoms with van der Waals surface area (Å²) in [6.45, 7) is 2.48. The Bertz CT molecular complexity index is 1530. The van der Waals surface area contributed by atoms with Gasteiger partial charge in [0.05, 0.1) is 19.2 Å². The van der Waals surface area contributed by atoms with Crippen molar-refractivity contribution in [3.8, 4) is 22.8 Å². The summed E-state index contributed by atoms with van der Waals surface area (Å²) < 4.78 is 11.3. The molecule has 0 amide bonds. The minimum atomic E-state index is -0.971. The van der Waals surface area contributed by atoms with Crippen LogP contribution in [0.5, 0.6) is 11.6 Å². The number of aryl methyl sites for hydroxylation is 2. The number of methoxy groups -OCH3 is 1. The second-order valence-electron chi connectivity index (χ2n) is 8.48. The summed E-state index contributed by atoms with van der Waals surface area (Å²) in [4.78, 5) is 19.6. The van der Waals surface area contributed by atoms with Gasteiger partial charge in [-0.3, -0.25) is 0 Å². The SMILES string of the molecule is COc1cc(C)c(-c2cccc3c(CCCOc4cccc5ccccc45)c(C(=O)O)[nH]c23)cn1. The molecule has 0 radical (unpaired) electrons. The molecule has 3 aromatic carbocycles. The highest BCUT2D eigenvalue weighted by molar-refractivity contribution is 6.03. The highest BCUT2D eigenvalue weighted by Gasteiger charge is 2.20. The molecule has 0 unspecified atom stereocenters. The van der Waals surface area contributed by atoms with Crippen molar-refractivity contribution in [3.05, 3.63) is 89.7 Å². The first-order valence-electron chi connectivity index (χ1n) is 11.5. The molecular weight excluding hydrogens is 440 g/mol. The number of pyridine rings is 1. The van der Waals surface area contributed by atoms with E-state index in [1.165, 1.54) is 0 Å². The zero-order chi connectivity index (χ0) is 24.4. The van der Waals surface area contributed by atoms with E-state index in [2.05, 4.69) is 22.1 Å². The van der Waals surface area contributed by atoms with Gasteiger partial charge >= 0.3 is 5.97 Å². The van der Waals surface area contributed by atoms with E-state index in [9.17, 15) is 9.90 Å². The first-order valence-corrected chi connectivity index (χ1v) is 11.5. The molecule has 2 N–H and O–H groups in total. The number of carbonyl (C=O) groups is 1. The number of aromatic nitrogens is 2. The molecule has 2 aromatic heterocycles. The van der Waals surface area contributed by atoms with E-state index in [4.69, 9.17) is 9.47 Å². The molecule has 6 nitrogen and oxygen atoms in total. The number of aromatic carboxylic acids is 1. The number of hydrogen-bond donors (Lipinski definition) is 2. The van der Waals surface area contributed by atoms with E-state index < -0.39 is 5.97 Å². The van der Waals surface area contributed by atoms with Crippen LogP contribution in [0.4, 0.5) is 0 Å². The molecular formula is C29H26N2O4. The van der Waals surface area contributed by atoms with Crippen molar-refractivity contribution in [3.63, 3.8) is 0 Å². The van der Waals surface area contributed by atoms with Gasteiger partial charge in [0, 0.05) is 34.2 Å². The Hall–Kier alpha value is -4.32. The third kappa shape index (κ3) is 4.30. The van der Waals surface area contributed by atoms with Gasteiger partial charge in [-0.25, -0.2) is 9.78 Å². The van der Waals surface area contributed by atoms with Crippen molar-refractivity contribution >= 4 is 27.6 Å². The number of hydrogen-bond acceptors (Lipinski definition) is 4. The predicted octanol–water partition coefficient (Wildman–Crippen LogP) is 6.41. The molecule has 35 heavy (non-hydrogen) atoms. The number of fused-ring (bicyclic) bond motifs is 2. The Morgan fingerprint density at radius 2 is 1.77 bits per heavy atom. The molecule has 2 heterocycles. The van der Waals surface area contributed by atoms with Crippen molar-refractivity contribution < 1.29 is 19.4 Å². The summed E-state index contributed by atoms with van der Waals surface area (Å²) in [6.07, 6.45) is 3.03. The van der Waals surface area contributed by atoms with E-state index in [0.717, 1.165) is 49.7 Å². The van der Waals surface area contributed by atoms with Crippen LogP contribution in [0.2, 0.25) is 0 Å². The lowest BCUT2D eigenvalue weighted by Crippen LogP contribution is -2.04. The van der Waals surface area contributed by atoms with Gasteiger partial charge in [-0.15, -0.1) is 0 Å². The zero-order valence-corrected chi connectivity index (χ0v) is 19.7. The van der Waals surface area contributed by atoms with E-state index in [-0.39, 0.29) is 5.69 Å². The molecule has 0 aliphatic rings. The first kappa shape index (κ1) is 22.5. The van der Waals surface area contributed by atoms with Crippen molar-refractivity contribution in [2.75, 3.05) is 13.7 Å². The van der Waals surface area contributed by atoms with E-state index in [0.29, 0.717) is 25.3 Å². The minimum Gasteiger partial charge on any atom is -0.493 e. The summed E-state index contributed by atoms with van der Waals surface area (Å²) in [5.74, 6) is 0.412. The fraction of sp³-hybridized carbons (Fsp3) is 0.172. The van der Waals surface area contributed by atoms with Crippen LogP contribution in [0, 0.1) is 6.92 Å². The number of rotatable bonds is 8. The molecule has 0 saturated heterocycles. The van der Waals surface area contributed by atoms with Gasteiger partial charge in [-0.1, -0.05) is 54.6 Å². The van der Waals surface area contributed by atoms with Gasteiger partial charge in [0.15, 0.2) is 0 Å². The largest absolute Gasteiger partial charge is 0.493 e. The van der Waals surface area contributed by atoms with Crippen molar-refractivity contribution in [1.29, 1.82) is 0 Å². The normalized spacial score (nSPS) is 11.1. The topological polar surface area (TPSA) is 84.4 Å². The van der Waals surface area contributed by atoms with Crippen molar-refractivity contribution in [1.82, 2.24) is 9.97 Å². The molecule has 0 bridgehead atoms. The molecule has 0 atom stereocenters. The molecule has 0 spiro atoms. The lowest BCUT2D eigenvalue weighted by atomic mass is 9.98. The Morgan fingerprint density at radius 1 is 1.00 bits per heavy atom. The number of carboxylic acids is 1. The number of benzene rings is 3. The molecule has 0 saturated carbocycles. The minimum absolute atomic E-state index is 0.219. The van der Waals surface area contributed by atoms with Crippen LogP contribution in [-0.2, 0) is 6.42 Å².